The fraction of sp³-hybridized carbons (Fsp3) is 0.200. The van der Waals surface area contributed by atoms with Gasteiger partial charge in [0.05, 0.1) is 13.0 Å². The Balaban J connectivity index is 1.65. The van der Waals surface area contributed by atoms with Crippen molar-refractivity contribution in [2.75, 3.05) is 6.61 Å². The molecule has 1 heterocycles. The molecular formula is C15H16N2O2. The minimum absolute atomic E-state index is 0.0206. The Labute approximate surface area is 112 Å². The van der Waals surface area contributed by atoms with Gasteiger partial charge in [0.25, 0.3) is 0 Å². The van der Waals surface area contributed by atoms with Gasteiger partial charge < -0.3 is 10.1 Å². The van der Waals surface area contributed by atoms with Crippen LogP contribution in [0.1, 0.15) is 12.0 Å². The molecule has 19 heavy (non-hydrogen) atoms. The first-order valence-corrected chi connectivity index (χ1v) is 6.18. The van der Waals surface area contributed by atoms with Gasteiger partial charge in [0, 0.05) is 18.9 Å². The van der Waals surface area contributed by atoms with Crippen LogP contribution in [0.5, 0.6) is 5.75 Å². The standard InChI is InChI=1S/C15H16N2O2/c18-15(17-12-13-6-9-16-10-7-13)8-11-19-14-4-2-1-3-5-14/h1-7,9-10H,8,11-12H2,(H,17,18). The summed E-state index contributed by atoms with van der Waals surface area (Å²) in [5, 5.41) is 2.84. The maximum atomic E-state index is 11.6. The number of amides is 1. The summed E-state index contributed by atoms with van der Waals surface area (Å²) >= 11 is 0. The van der Waals surface area contributed by atoms with Gasteiger partial charge in [-0.3, -0.25) is 9.78 Å². The van der Waals surface area contributed by atoms with Crippen molar-refractivity contribution in [2.45, 2.75) is 13.0 Å². The highest BCUT2D eigenvalue weighted by Crippen LogP contribution is 2.08. The average molecular weight is 256 g/mol. The zero-order chi connectivity index (χ0) is 13.3. The Morgan fingerprint density at radius 2 is 1.84 bits per heavy atom. The van der Waals surface area contributed by atoms with E-state index in [1.807, 2.05) is 42.5 Å². The third-order valence-corrected chi connectivity index (χ3v) is 2.58. The molecule has 98 valence electrons. The van der Waals surface area contributed by atoms with Gasteiger partial charge in [-0.1, -0.05) is 18.2 Å². The molecule has 0 fully saturated rings. The SMILES string of the molecule is O=C(CCOc1ccccc1)NCc1ccncc1. The van der Waals surface area contributed by atoms with E-state index in [0.29, 0.717) is 19.6 Å². The predicted molar refractivity (Wildman–Crippen MR) is 72.6 cm³/mol. The highest BCUT2D eigenvalue weighted by molar-refractivity contribution is 5.75. The van der Waals surface area contributed by atoms with E-state index in [-0.39, 0.29) is 5.91 Å². The quantitative estimate of drug-likeness (QED) is 0.861. The van der Waals surface area contributed by atoms with Crippen LogP contribution in [0.2, 0.25) is 0 Å². The second-order valence-corrected chi connectivity index (χ2v) is 4.04. The minimum Gasteiger partial charge on any atom is -0.493 e. The van der Waals surface area contributed by atoms with Gasteiger partial charge in [-0.05, 0) is 29.8 Å². The van der Waals surface area contributed by atoms with Gasteiger partial charge >= 0.3 is 0 Å². The lowest BCUT2D eigenvalue weighted by molar-refractivity contribution is -0.121. The van der Waals surface area contributed by atoms with E-state index in [9.17, 15) is 4.79 Å². The van der Waals surface area contributed by atoms with E-state index in [2.05, 4.69) is 10.3 Å². The molecule has 0 saturated carbocycles. The summed E-state index contributed by atoms with van der Waals surface area (Å²) in [6, 6.07) is 13.2. The van der Waals surface area contributed by atoms with Crippen LogP contribution in [0.25, 0.3) is 0 Å². The fourth-order valence-corrected chi connectivity index (χ4v) is 1.57. The van der Waals surface area contributed by atoms with Crippen LogP contribution in [0.3, 0.4) is 0 Å². The molecule has 1 amide bonds. The number of hydrogen-bond acceptors (Lipinski definition) is 3. The van der Waals surface area contributed by atoms with Crippen molar-refractivity contribution in [3.8, 4) is 5.75 Å². The van der Waals surface area contributed by atoms with Gasteiger partial charge in [0.2, 0.25) is 5.91 Å². The molecule has 0 aliphatic rings. The smallest absolute Gasteiger partial charge is 0.223 e. The molecule has 0 unspecified atom stereocenters. The summed E-state index contributed by atoms with van der Waals surface area (Å²) in [7, 11) is 0. The first kappa shape index (κ1) is 13.1. The van der Waals surface area contributed by atoms with E-state index in [0.717, 1.165) is 11.3 Å². The fourth-order valence-electron chi connectivity index (χ4n) is 1.57. The summed E-state index contributed by atoms with van der Waals surface area (Å²) in [5.74, 6) is 0.761. The van der Waals surface area contributed by atoms with Crippen molar-refractivity contribution in [1.82, 2.24) is 10.3 Å². The zero-order valence-electron chi connectivity index (χ0n) is 10.6. The second-order valence-electron chi connectivity index (χ2n) is 4.04. The summed E-state index contributed by atoms with van der Waals surface area (Å²) in [4.78, 5) is 15.5. The number of aromatic nitrogens is 1. The molecule has 0 saturated heterocycles. The van der Waals surface area contributed by atoms with E-state index in [1.54, 1.807) is 12.4 Å². The summed E-state index contributed by atoms with van der Waals surface area (Å²) in [6.45, 7) is 0.902. The lowest BCUT2D eigenvalue weighted by atomic mass is 10.2. The summed E-state index contributed by atoms with van der Waals surface area (Å²) < 4.78 is 5.46. The molecule has 1 N–H and O–H groups in total. The highest BCUT2D eigenvalue weighted by atomic mass is 16.5. The Hall–Kier alpha value is -2.36. The number of pyridine rings is 1. The molecule has 0 bridgehead atoms. The molecule has 0 aliphatic heterocycles. The van der Waals surface area contributed by atoms with E-state index >= 15 is 0 Å². The molecule has 0 spiro atoms. The number of benzene rings is 1. The van der Waals surface area contributed by atoms with Crippen LogP contribution in [0.15, 0.2) is 54.9 Å². The Kier molecular flexibility index (Phi) is 4.93. The number of para-hydroxylation sites is 1. The lowest BCUT2D eigenvalue weighted by Crippen LogP contribution is -2.24. The van der Waals surface area contributed by atoms with Gasteiger partial charge in [0.15, 0.2) is 0 Å². The lowest BCUT2D eigenvalue weighted by Gasteiger charge is -2.07. The highest BCUT2D eigenvalue weighted by Gasteiger charge is 2.01. The summed E-state index contributed by atoms with van der Waals surface area (Å²) in [6.07, 6.45) is 3.76. The normalized spacial score (nSPS) is 9.89. The van der Waals surface area contributed by atoms with Crippen LogP contribution in [0, 0.1) is 0 Å². The zero-order valence-corrected chi connectivity index (χ0v) is 10.6. The molecule has 2 aromatic rings. The van der Waals surface area contributed by atoms with E-state index in [4.69, 9.17) is 4.74 Å². The maximum absolute atomic E-state index is 11.6. The van der Waals surface area contributed by atoms with Crippen LogP contribution < -0.4 is 10.1 Å². The minimum atomic E-state index is -0.0206. The molecule has 4 nitrogen and oxygen atoms in total. The summed E-state index contributed by atoms with van der Waals surface area (Å²) in [5.41, 5.74) is 1.03. The van der Waals surface area contributed by atoms with Crippen molar-refractivity contribution in [3.63, 3.8) is 0 Å². The Morgan fingerprint density at radius 1 is 1.11 bits per heavy atom. The van der Waals surface area contributed by atoms with Gasteiger partial charge in [-0.2, -0.15) is 0 Å². The molecule has 2 rings (SSSR count). The predicted octanol–water partition coefficient (Wildman–Crippen LogP) is 2.17. The molecule has 0 radical (unpaired) electrons. The first-order chi connectivity index (χ1) is 9.34. The van der Waals surface area contributed by atoms with Crippen LogP contribution in [-0.2, 0) is 11.3 Å². The van der Waals surface area contributed by atoms with E-state index in [1.165, 1.54) is 0 Å². The number of ether oxygens (including phenoxy) is 1. The van der Waals surface area contributed by atoms with Crippen molar-refractivity contribution >= 4 is 5.91 Å². The van der Waals surface area contributed by atoms with E-state index < -0.39 is 0 Å². The third kappa shape index (κ3) is 4.79. The van der Waals surface area contributed by atoms with Crippen molar-refractivity contribution in [2.24, 2.45) is 0 Å². The molecule has 0 atom stereocenters. The third-order valence-electron chi connectivity index (χ3n) is 2.58. The topological polar surface area (TPSA) is 51.2 Å². The van der Waals surface area contributed by atoms with Gasteiger partial charge in [-0.25, -0.2) is 0 Å². The Bertz CT molecular complexity index is 500. The number of nitrogens with zero attached hydrogens (tertiary/aromatic N) is 1. The largest absolute Gasteiger partial charge is 0.493 e. The number of hydrogen-bond donors (Lipinski definition) is 1. The average Bonchev–Trinajstić information content (AvgIpc) is 2.47. The first-order valence-electron chi connectivity index (χ1n) is 6.18. The monoisotopic (exact) mass is 256 g/mol. The van der Waals surface area contributed by atoms with Gasteiger partial charge in [-0.15, -0.1) is 0 Å². The van der Waals surface area contributed by atoms with Crippen molar-refractivity contribution in [1.29, 1.82) is 0 Å². The van der Waals surface area contributed by atoms with Crippen molar-refractivity contribution < 1.29 is 9.53 Å². The number of nitrogens with one attached hydrogen (secondary N) is 1. The number of carbonyl (C=O) groups excluding carboxylic acids is 1. The van der Waals surface area contributed by atoms with Crippen LogP contribution >= 0.6 is 0 Å². The second kappa shape index (κ2) is 7.16. The molecule has 4 heteroatoms. The van der Waals surface area contributed by atoms with Crippen molar-refractivity contribution in [3.05, 3.63) is 60.4 Å². The maximum Gasteiger partial charge on any atom is 0.223 e. The number of carbonyl (C=O) groups is 1. The van der Waals surface area contributed by atoms with Crippen LogP contribution in [-0.4, -0.2) is 17.5 Å². The van der Waals surface area contributed by atoms with Crippen LogP contribution in [0.4, 0.5) is 0 Å². The molecular weight excluding hydrogens is 240 g/mol. The Morgan fingerprint density at radius 3 is 2.58 bits per heavy atom. The molecule has 1 aromatic carbocycles. The molecule has 1 aromatic heterocycles. The van der Waals surface area contributed by atoms with Gasteiger partial charge in [0.1, 0.15) is 5.75 Å². The molecule has 0 aliphatic carbocycles. The number of rotatable bonds is 6.